The number of aliphatic hydroxyl groups excluding tert-OH is 2. The maximum Gasteiger partial charge on any atom is 0.318 e. The van der Waals surface area contributed by atoms with Crippen LogP contribution >= 0.6 is 0 Å². The molecule has 7 heteroatoms. The molecule has 4 N–H and O–H groups in total. The number of aliphatic hydroxyl groups is 2. The smallest absolute Gasteiger partial charge is 0.318 e. The summed E-state index contributed by atoms with van der Waals surface area (Å²) in [6, 6.07) is -0.512. The fourth-order valence-corrected chi connectivity index (χ4v) is 1.33. The molecule has 0 radical (unpaired) electrons. The van der Waals surface area contributed by atoms with Crippen molar-refractivity contribution in [2.45, 2.75) is 33.2 Å². The number of aliphatic carboxylic acids is 1. The number of hydrogen-bond acceptors (Lipinski definition) is 4. The number of urea groups is 1. The van der Waals surface area contributed by atoms with Gasteiger partial charge < -0.3 is 25.5 Å². The van der Waals surface area contributed by atoms with Crippen molar-refractivity contribution in [3.05, 3.63) is 0 Å². The second-order valence-corrected chi connectivity index (χ2v) is 5.42. The number of nitrogens with zero attached hydrogens (tertiary/aromatic N) is 1. The molecule has 19 heavy (non-hydrogen) atoms. The highest BCUT2D eigenvalue weighted by Crippen LogP contribution is 2.30. The molecule has 112 valence electrons. The van der Waals surface area contributed by atoms with Gasteiger partial charge in [-0.1, -0.05) is 0 Å². The molecule has 0 aromatic carbocycles. The average molecular weight is 276 g/mol. The molecular weight excluding hydrogens is 252 g/mol. The van der Waals surface area contributed by atoms with Crippen LogP contribution in [0.5, 0.6) is 0 Å². The van der Waals surface area contributed by atoms with Gasteiger partial charge in [0.1, 0.15) is 0 Å². The first-order chi connectivity index (χ1) is 8.60. The summed E-state index contributed by atoms with van der Waals surface area (Å²) in [6.45, 7) is 6.00. The minimum Gasteiger partial charge on any atom is -0.481 e. The number of nitrogens with one attached hydrogen (secondary N) is 1. The molecule has 0 aromatic rings. The van der Waals surface area contributed by atoms with E-state index in [9.17, 15) is 14.7 Å². The van der Waals surface area contributed by atoms with Gasteiger partial charge in [0.15, 0.2) is 0 Å². The van der Waals surface area contributed by atoms with Gasteiger partial charge in [-0.05, 0) is 27.7 Å². The van der Waals surface area contributed by atoms with Crippen LogP contribution in [0.3, 0.4) is 0 Å². The van der Waals surface area contributed by atoms with Gasteiger partial charge in [0.05, 0.1) is 24.2 Å². The van der Waals surface area contributed by atoms with Crippen molar-refractivity contribution in [2.24, 2.45) is 5.41 Å². The fraction of sp³-hybridized carbons (Fsp3) is 0.833. The van der Waals surface area contributed by atoms with E-state index in [0.29, 0.717) is 0 Å². The number of amides is 2. The predicted molar refractivity (Wildman–Crippen MR) is 69.8 cm³/mol. The van der Waals surface area contributed by atoms with Gasteiger partial charge in [-0.15, -0.1) is 0 Å². The van der Waals surface area contributed by atoms with Crippen molar-refractivity contribution in [1.29, 1.82) is 0 Å². The Morgan fingerprint density at radius 1 is 1.05 bits per heavy atom. The fourth-order valence-electron chi connectivity index (χ4n) is 1.33. The van der Waals surface area contributed by atoms with E-state index < -0.39 is 23.0 Å². The Bertz CT molecular complexity index is 322. The summed E-state index contributed by atoms with van der Waals surface area (Å²) in [7, 11) is 0. The van der Waals surface area contributed by atoms with Crippen molar-refractivity contribution >= 4 is 12.0 Å². The molecule has 0 aliphatic heterocycles. The first kappa shape index (κ1) is 17.7. The summed E-state index contributed by atoms with van der Waals surface area (Å²) >= 11 is 0. The third-order valence-corrected chi connectivity index (χ3v) is 3.54. The molecule has 0 aliphatic rings. The summed E-state index contributed by atoms with van der Waals surface area (Å²) in [4.78, 5) is 24.5. The van der Waals surface area contributed by atoms with E-state index in [2.05, 4.69) is 5.32 Å². The summed E-state index contributed by atoms with van der Waals surface area (Å²) in [5.74, 6) is -1.02. The Hall–Kier alpha value is -1.34. The van der Waals surface area contributed by atoms with Crippen LogP contribution in [0, 0.1) is 5.41 Å². The maximum absolute atomic E-state index is 12.0. The zero-order valence-electron chi connectivity index (χ0n) is 11.9. The number of carboxylic acids is 1. The summed E-state index contributed by atoms with van der Waals surface area (Å²) in [5.41, 5.74) is -2.15. The van der Waals surface area contributed by atoms with Gasteiger partial charge in [0.25, 0.3) is 0 Å². The van der Waals surface area contributed by atoms with E-state index in [4.69, 9.17) is 10.2 Å². The first-order valence-corrected chi connectivity index (χ1v) is 6.12. The molecule has 7 nitrogen and oxygen atoms in total. The van der Waals surface area contributed by atoms with E-state index in [1.165, 1.54) is 18.7 Å². The van der Waals surface area contributed by atoms with Gasteiger partial charge >= 0.3 is 12.0 Å². The molecule has 0 spiro atoms. The summed E-state index contributed by atoms with van der Waals surface area (Å²) in [6.07, 6.45) is 0. The minimum absolute atomic E-state index is 0.0793. The Morgan fingerprint density at radius 2 is 1.47 bits per heavy atom. The van der Waals surface area contributed by atoms with Crippen LogP contribution in [0.4, 0.5) is 4.79 Å². The van der Waals surface area contributed by atoms with Crippen molar-refractivity contribution in [3.63, 3.8) is 0 Å². The normalized spacial score (nSPS) is 12.1. The molecule has 0 heterocycles. The number of rotatable bonds is 7. The van der Waals surface area contributed by atoms with Gasteiger partial charge in [0, 0.05) is 13.1 Å². The van der Waals surface area contributed by atoms with E-state index in [-0.39, 0.29) is 26.3 Å². The number of hydrogen-bond donors (Lipinski definition) is 4. The minimum atomic E-state index is -1.16. The van der Waals surface area contributed by atoms with E-state index in [1.807, 2.05) is 0 Å². The molecule has 0 atom stereocenters. The van der Waals surface area contributed by atoms with Crippen LogP contribution in [0.15, 0.2) is 0 Å². The summed E-state index contributed by atoms with van der Waals surface area (Å²) < 4.78 is 0. The lowest BCUT2D eigenvalue weighted by atomic mass is 9.74. The van der Waals surface area contributed by atoms with Gasteiger partial charge in [0.2, 0.25) is 0 Å². The molecule has 0 aromatic heterocycles. The Balaban J connectivity index is 4.90. The van der Waals surface area contributed by atoms with Crippen LogP contribution in [-0.2, 0) is 4.79 Å². The van der Waals surface area contributed by atoms with E-state index in [0.717, 1.165) is 0 Å². The van der Waals surface area contributed by atoms with Gasteiger partial charge in [-0.3, -0.25) is 4.79 Å². The van der Waals surface area contributed by atoms with Crippen LogP contribution < -0.4 is 5.32 Å². The highest BCUT2D eigenvalue weighted by Gasteiger charge is 2.44. The lowest BCUT2D eigenvalue weighted by Crippen LogP contribution is -2.60. The Labute approximate surface area is 113 Å². The topological polar surface area (TPSA) is 110 Å². The lowest BCUT2D eigenvalue weighted by Gasteiger charge is -2.40. The van der Waals surface area contributed by atoms with Crippen LogP contribution in [-0.4, -0.2) is 64.1 Å². The number of carboxylic acid groups (broad SMARTS) is 1. The third kappa shape index (κ3) is 4.36. The van der Waals surface area contributed by atoms with Crippen LogP contribution in [0.2, 0.25) is 0 Å². The largest absolute Gasteiger partial charge is 0.481 e. The molecule has 0 unspecified atom stereocenters. The zero-order valence-corrected chi connectivity index (χ0v) is 11.9. The molecule has 0 saturated carbocycles. The van der Waals surface area contributed by atoms with Gasteiger partial charge in [-0.25, -0.2) is 4.79 Å². The molecule has 0 aliphatic carbocycles. The second kappa shape index (κ2) is 6.72. The third-order valence-electron chi connectivity index (χ3n) is 3.54. The van der Waals surface area contributed by atoms with Crippen LogP contribution in [0.1, 0.15) is 27.7 Å². The van der Waals surface area contributed by atoms with Crippen molar-refractivity contribution in [3.8, 4) is 0 Å². The standard InChI is InChI=1S/C12H24N2O5/c1-11(2,9(17)18)12(3,4)13-10(19)14(5-7-15)6-8-16/h15-16H,5-8H2,1-4H3,(H,13,19)(H,17,18). The van der Waals surface area contributed by atoms with Crippen molar-refractivity contribution in [2.75, 3.05) is 26.3 Å². The van der Waals surface area contributed by atoms with Gasteiger partial charge in [-0.2, -0.15) is 0 Å². The number of carbonyl (C=O) groups is 2. The average Bonchev–Trinajstić information content (AvgIpc) is 2.27. The molecule has 0 saturated heterocycles. The highest BCUT2D eigenvalue weighted by atomic mass is 16.4. The molecule has 0 bridgehead atoms. The molecule has 0 fully saturated rings. The van der Waals surface area contributed by atoms with E-state index in [1.54, 1.807) is 13.8 Å². The van der Waals surface area contributed by atoms with Crippen molar-refractivity contribution in [1.82, 2.24) is 10.2 Å². The zero-order chi connectivity index (χ0) is 15.3. The molecular formula is C12H24N2O5. The SMILES string of the molecule is CC(C)(NC(=O)N(CCO)CCO)C(C)(C)C(=O)O. The lowest BCUT2D eigenvalue weighted by molar-refractivity contribution is -0.150. The quantitative estimate of drug-likeness (QED) is 0.518. The molecule has 0 rings (SSSR count). The second-order valence-electron chi connectivity index (χ2n) is 5.42. The monoisotopic (exact) mass is 276 g/mol. The van der Waals surface area contributed by atoms with E-state index >= 15 is 0 Å². The Kier molecular flexibility index (Phi) is 6.24. The number of carbonyl (C=O) groups excluding carboxylic acids is 1. The predicted octanol–water partition coefficient (Wildman–Crippen LogP) is -0.128. The highest BCUT2D eigenvalue weighted by molar-refractivity contribution is 5.79. The first-order valence-electron chi connectivity index (χ1n) is 6.12. The maximum atomic E-state index is 12.0. The summed E-state index contributed by atoms with van der Waals surface area (Å²) in [5, 5.41) is 29.5. The molecule has 2 amide bonds. The van der Waals surface area contributed by atoms with Crippen molar-refractivity contribution < 1.29 is 24.9 Å². The van der Waals surface area contributed by atoms with Crippen LogP contribution in [0.25, 0.3) is 0 Å². The Morgan fingerprint density at radius 3 is 1.79 bits per heavy atom.